The Bertz CT molecular complexity index is 3050. The number of carbonyl (C=O) groups is 8. The van der Waals surface area contributed by atoms with Crippen molar-refractivity contribution in [2.75, 3.05) is 31.5 Å². The van der Waals surface area contributed by atoms with Crippen molar-refractivity contribution in [3.8, 4) is 11.3 Å². The monoisotopic (exact) mass is 1140 g/mol. The van der Waals surface area contributed by atoms with Gasteiger partial charge in [-0.25, -0.2) is 32.1 Å². The molecule has 3 aliphatic rings. The minimum Gasteiger partial charge on any atom is -0.445 e. The summed E-state index contributed by atoms with van der Waals surface area (Å²) in [6.07, 6.45) is 1.32. The smallest absolute Gasteiger partial charge is 0.410 e. The fraction of sp³-hybridized carbons (Fsp3) is 0.466. The van der Waals surface area contributed by atoms with Crippen LogP contribution in [-0.2, 0) is 46.7 Å². The molecular weight excluding hydrogens is 1070 g/mol. The Balaban J connectivity index is 1.01. The summed E-state index contributed by atoms with van der Waals surface area (Å²) in [7, 11) is 0. The van der Waals surface area contributed by atoms with Crippen molar-refractivity contribution in [2.24, 2.45) is 23.0 Å². The molecule has 6 atom stereocenters. The normalized spacial score (nSPS) is 18.2. The molecule has 0 spiro atoms. The standard InChI is InChI=1S/C58H70F4N10O10/c1-33(2)48(68-54(79)58(22-7-8-23-58)72-46(74)20-21-47(72)75)52(77)67-44(13-10-24-64-55(63)80)51(76)65-40-17-14-35(15-18-40)32-82-56(81)70-28-37(43(62)30-70)29-71(53(78)34(3)73)49(57(4,5)6)50-66-45(41-26-39(60)16-19-42(41)61)31-69(50)27-36-11-9-12-38(59)25-36/h9,11-12,14-21,25-26,31,33-34,37,43-44,48-49,73H,7-8,10,13,22-24,27-30,32H2,1-6H3,(H,65,76)(H,67,77)(H,68,79)(H3,63,64,80)/t34-,37-,43-,44-,48-,49-/m0/s1. The molecule has 24 heteroatoms. The summed E-state index contributed by atoms with van der Waals surface area (Å²) in [6, 6.07) is 10.5. The van der Waals surface area contributed by atoms with E-state index in [0.717, 1.165) is 40.2 Å². The van der Waals surface area contributed by atoms with E-state index in [-0.39, 0.29) is 81.2 Å². The first-order valence-corrected chi connectivity index (χ1v) is 27.2. The van der Waals surface area contributed by atoms with Crippen molar-refractivity contribution >= 4 is 53.3 Å². The number of nitrogens with one attached hydrogen (secondary N) is 4. The number of nitrogens with two attached hydrogens (primary N) is 1. The third-order valence-electron chi connectivity index (χ3n) is 14.8. The van der Waals surface area contributed by atoms with E-state index in [1.807, 2.05) is 0 Å². The first kappa shape index (κ1) is 61.5. The Hall–Kier alpha value is -8.15. The molecule has 2 fully saturated rings. The number of benzene rings is 3. The van der Waals surface area contributed by atoms with Crippen molar-refractivity contribution in [3.05, 3.63) is 119 Å². The molecule has 1 aliphatic carbocycles. The van der Waals surface area contributed by atoms with Crippen molar-refractivity contribution in [1.29, 1.82) is 0 Å². The molecule has 2 aliphatic heterocycles. The van der Waals surface area contributed by atoms with Gasteiger partial charge in [0.05, 0.1) is 18.3 Å². The fourth-order valence-electron chi connectivity index (χ4n) is 10.7. The SMILES string of the molecule is CC(C)[C@H](NC(=O)C1(N2C(=O)C=CC2=O)CCCC1)C(=O)N[C@@H](CCCNC(N)=O)C(=O)Nc1ccc(COC(=O)N2C[C@@H](CN(C(=O)[C@H](C)O)[C@@H](c3nc(-c4cc(F)ccc4F)cn3Cc3cccc(F)c3)C(C)(C)C)[C@@H](F)C2)cc1. The van der Waals surface area contributed by atoms with E-state index in [1.54, 1.807) is 57.4 Å². The molecule has 1 saturated carbocycles. The van der Waals surface area contributed by atoms with E-state index in [2.05, 4.69) is 21.3 Å². The number of amides is 9. The van der Waals surface area contributed by atoms with Crippen LogP contribution in [0.3, 0.4) is 0 Å². The van der Waals surface area contributed by atoms with Crippen LogP contribution in [0.5, 0.6) is 0 Å². The number of aromatic nitrogens is 2. The van der Waals surface area contributed by atoms with Crippen molar-refractivity contribution < 1.29 is 65.8 Å². The van der Waals surface area contributed by atoms with E-state index < -0.39 is 125 Å². The number of anilines is 1. The van der Waals surface area contributed by atoms with E-state index in [0.29, 0.717) is 24.0 Å². The Kier molecular flexibility index (Phi) is 19.6. The highest BCUT2D eigenvalue weighted by molar-refractivity contribution is 6.16. The predicted molar refractivity (Wildman–Crippen MR) is 292 cm³/mol. The summed E-state index contributed by atoms with van der Waals surface area (Å²) in [5.41, 5.74) is 3.87. The highest BCUT2D eigenvalue weighted by Crippen LogP contribution is 2.42. The van der Waals surface area contributed by atoms with Gasteiger partial charge in [0.2, 0.25) is 17.7 Å². The van der Waals surface area contributed by atoms with Crippen LogP contribution < -0.4 is 27.0 Å². The molecule has 9 amide bonds. The topological polar surface area (TPSA) is 268 Å². The van der Waals surface area contributed by atoms with Crippen molar-refractivity contribution in [1.82, 2.24) is 40.2 Å². The quantitative estimate of drug-likeness (QED) is 0.0294. The molecule has 3 aromatic carbocycles. The summed E-state index contributed by atoms with van der Waals surface area (Å²) in [6.45, 7) is 8.81. The van der Waals surface area contributed by atoms with Gasteiger partial charge in [-0.3, -0.25) is 33.7 Å². The Morgan fingerprint density at radius 3 is 2.17 bits per heavy atom. The third-order valence-corrected chi connectivity index (χ3v) is 14.8. The van der Waals surface area contributed by atoms with Crippen LogP contribution in [-0.4, -0.2) is 133 Å². The van der Waals surface area contributed by atoms with E-state index in [4.69, 9.17) is 15.5 Å². The highest BCUT2D eigenvalue weighted by Gasteiger charge is 2.53. The summed E-state index contributed by atoms with van der Waals surface area (Å²) in [4.78, 5) is 115. The van der Waals surface area contributed by atoms with Gasteiger partial charge in [0.1, 0.15) is 59.8 Å². The van der Waals surface area contributed by atoms with Gasteiger partial charge in [-0.05, 0) is 97.5 Å². The molecule has 20 nitrogen and oxygen atoms in total. The van der Waals surface area contributed by atoms with E-state index in [9.17, 15) is 52.2 Å². The zero-order chi connectivity index (χ0) is 59.8. The molecule has 1 saturated heterocycles. The number of rotatable bonds is 22. The maximum Gasteiger partial charge on any atom is 0.410 e. The minimum absolute atomic E-state index is 0.00370. The van der Waals surface area contributed by atoms with Crippen LogP contribution >= 0.6 is 0 Å². The lowest BCUT2D eigenvalue weighted by atomic mass is 9.84. The summed E-state index contributed by atoms with van der Waals surface area (Å²) in [5.74, 6) is -7.47. The second-order valence-corrected chi connectivity index (χ2v) is 22.5. The molecule has 0 bridgehead atoms. The molecule has 1 aromatic heterocycles. The average Bonchev–Trinajstić information content (AvgIpc) is 3.18. The summed E-state index contributed by atoms with van der Waals surface area (Å²) in [5, 5.41) is 21.4. The average molecular weight is 1140 g/mol. The van der Waals surface area contributed by atoms with E-state index in [1.165, 1.54) is 48.4 Å². The molecule has 7 N–H and O–H groups in total. The Labute approximate surface area is 472 Å². The number of imidazole rings is 1. The van der Waals surface area contributed by atoms with Gasteiger partial charge in [-0.2, -0.15) is 0 Å². The van der Waals surface area contributed by atoms with Gasteiger partial charge < -0.3 is 51.2 Å². The summed E-state index contributed by atoms with van der Waals surface area (Å²) >= 11 is 0. The van der Waals surface area contributed by atoms with Gasteiger partial charge in [0.25, 0.3) is 17.7 Å². The number of primary amides is 1. The lowest BCUT2D eigenvalue weighted by Crippen LogP contribution is -2.63. The van der Waals surface area contributed by atoms with Gasteiger partial charge in [-0.15, -0.1) is 0 Å². The number of aliphatic hydroxyl groups excluding tert-OH is 1. The van der Waals surface area contributed by atoms with Crippen molar-refractivity contribution in [2.45, 2.75) is 129 Å². The second kappa shape index (κ2) is 26.2. The predicted octanol–water partition coefficient (Wildman–Crippen LogP) is 6.17. The van der Waals surface area contributed by atoms with Crippen LogP contribution in [0.4, 0.5) is 32.8 Å². The molecule has 0 radical (unpaired) electrons. The van der Waals surface area contributed by atoms with Gasteiger partial charge in [0.15, 0.2) is 0 Å². The number of ether oxygens (including phenoxy) is 1. The second-order valence-electron chi connectivity index (χ2n) is 22.5. The lowest BCUT2D eigenvalue weighted by molar-refractivity contribution is -0.153. The van der Waals surface area contributed by atoms with Gasteiger partial charge in [0, 0.05) is 61.7 Å². The van der Waals surface area contributed by atoms with E-state index >= 15 is 8.78 Å². The van der Waals surface area contributed by atoms with Crippen LogP contribution in [0, 0.1) is 34.7 Å². The molecule has 440 valence electrons. The zero-order valence-corrected chi connectivity index (χ0v) is 46.6. The highest BCUT2D eigenvalue weighted by atomic mass is 19.1. The number of likely N-dealkylation sites (tertiary alicyclic amines) is 1. The fourth-order valence-corrected chi connectivity index (χ4v) is 10.7. The third kappa shape index (κ3) is 14.7. The summed E-state index contributed by atoms with van der Waals surface area (Å²) < 4.78 is 67.7. The first-order chi connectivity index (χ1) is 38.8. The lowest BCUT2D eigenvalue weighted by Gasteiger charge is -2.41. The Morgan fingerprint density at radius 2 is 1.55 bits per heavy atom. The largest absolute Gasteiger partial charge is 0.445 e. The number of hydrogen-bond donors (Lipinski definition) is 6. The maximum atomic E-state index is 16.2. The van der Waals surface area contributed by atoms with Crippen LogP contribution in [0.2, 0.25) is 0 Å². The Morgan fingerprint density at radius 1 is 0.878 bits per heavy atom. The number of imide groups is 1. The molecular formula is C58H70F4N10O10. The van der Waals surface area contributed by atoms with Crippen LogP contribution in [0.25, 0.3) is 11.3 Å². The van der Waals surface area contributed by atoms with Gasteiger partial charge in [-0.1, -0.05) is 71.7 Å². The number of nitrogens with zero attached hydrogens (tertiary/aromatic N) is 5. The molecule has 0 unspecified atom stereocenters. The first-order valence-electron chi connectivity index (χ1n) is 27.2. The number of hydrogen-bond acceptors (Lipinski definition) is 11. The van der Waals surface area contributed by atoms with Crippen LogP contribution in [0.15, 0.2) is 85.1 Å². The van der Waals surface area contributed by atoms with Crippen molar-refractivity contribution in [3.63, 3.8) is 0 Å². The zero-order valence-electron chi connectivity index (χ0n) is 46.6. The van der Waals surface area contributed by atoms with Gasteiger partial charge >= 0.3 is 12.1 Å². The number of urea groups is 1. The number of halogens is 4. The number of aliphatic hydroxyl groups is 1. The molecule has 3 heterocycles. The molecule has 4 aromatic rings. The molecule has 7 rings (SSSR count). The number of carbonyl (C=O) groups excluding carboxylic acids is 8. The number of alkyl halides is 1. The molecule has 82 heavy (non-hydrogen) atoms. The minimum atomic E-state index is -1.67. The van der Waals surface area contributed by atoms with Crippen LogP contribution in [0.1, 0.15) is 103 Å². The maximum absolute atomic E-state index is 16.2.